The lowest BCUT2D eigenvalue weighted by atomic mass is 10.0. The molecule has 0 saturated heterocycles. The first-order chi connectivity index (χ1) is 7.54. The van der Waals surface area contributed by atoms with Crippen LogP contribution in [0, 0.1) is 19.8 Å². The summed E-state index contributed by atoms with van der Waals surface area (Å²) in [6.45, 7) is 9.79. The van der Waals surface area contributed by atoms with Gasteiger partial charge in [0.25, 0.3) is 0 Å². The lowest BCUT2D eigenvalue weighted by Crippen LogP contribution is -2.34. The minimum Gasteiger partial charge on any atom is -0.309 e. The Morgan fingerprint density at radius 2 is 1.94 bits per heavy atom. The van der Waals surface area contributed by atoms with Gasteiger partial charge in [-0.25, -0.2) is 0 Å². The Kier molecular flexibility index (Phi) is 5.50. The van der Waals surface area contributed by atoms with Crippen LogP contribution in [0.1, 0.15) is 30.5 Å². The minimum atomic E-state index is 0.542. The van der Waals surface area contributed by atoms with Gasteiger partial charge in [0.1, 0.15) is 0 Å². The highest BCUT2D eigenvalue weighted by atomic mass is 79.9. The van der Waals surface area contributed by atoms with Crippen LogP contribution in [-0.2, 0) is 6.54 Å². The second-order valence-electron chi connectivity index (χ2n) is 4.82. The van der Waals surface area contributed by atoms with E-state index in [2.05, 4.69) is 67.1 Å². The molecular formula is C14H22BrN. The zero-order valence-corrected chi connectivity index (χ0v) is 12.3. The Hall–Kier alpha value is -0.340. The normalized spacial score (nSPS) is 13.1. The number of rotatable bonds is 5. The van der Waals surface area contributed by atoms with Crippen LogP contribution < -0.4 is 5.32 Å². The Morgan fingerprint density at radius 1 is 1.25 bits per heavy atom. The van der Waals surface area contributed by atoms with Crippen LogP contribution in [0.4, 0.5) is 0 Å². The smallest absolute Gasteiger partial charge is 0.0211 e. The van der Waals surface area contributed by atoms with Crippen LogP contribution in [-0.4, -0.2) is 11.4 Å². The van der Waals surface area contributed by atoms with Gasteiger partial charge in [-0.3, -0.25) is 0 Å². The maximum Gasteiger partial charge on any atom is 0.0211 e. The van der Waals surface area contributed by atoms with Crippen LogP contribution in [0.5, 0.6) is 0 Å². The third-order valence-electron chi connectivity index (χ3n) is 3.03. The van der Waals surface area contributed by atoms with E-state index in [1.54, 1.807) is 0 Å². The monoisotopic (exact) mass is 283 g/mol. The van der Waals surface area contributed by atoms with Crippen molar-refractivity contribution in [3.63, 3.8) is 0 Å². The molecule has 0 aliphatic carbocycles. The predicted molar refractivity (Wildman–Crippen MR) is 75.2 cm³/mol. The van der Waals surface area contributed by atoms with Crippen molar-refractivity contribution in [3.05, 3.63) is 34.9 Å². The molecule has 1 aromatic carbocycles. The lowest BCUT2D eigenvalue weighted by Gasteiger charge is -2.20. The van der Waals surface area contributed by atoms with Gasteiger partial charge in [0.2, 0.25) is 0 Å². The first kappa shape index (κ1) is 13.7. The van der Waals surface area contributed by atoms with Crippen molar-refractivity contribution in [1.29, 1.82) is 0 Å². The van der Waals surface area contributed by atoms with Gasteiger partial charge < -0.3 is 5.32 Å². The molecule has 1 unspecified atom stereocenters. The summed E-state index contributed by atoms with van der Waals surface area (Å²) in [4.78, 5) is 0. The molecule has 0 bridgehead atoms. The summed E-state index contributed by atoms with van der Waals surface area (Å²) in [5, 5.41) is 4.62. The molecule has 0 aliphatic rings. The van der Waals surface area contributed by atoms with Gasteiger partial charge in [-0.15, -0.1) is 0 Å². The second kappa shape index (κ2) is 6.41. The zero-order chi connectivity index (χ0) is 12.1. The van der Waals surface area contributed by atoms with Gasteiger partial charge in [0.15, 0.2) is 0 Å². The van der Waals surface area contributed by atoms with E-state index in [1.807, 2.05) is 0 Å². The van der Waals surface area contributed by atoms with Gasteiger partial charge in [0.05, 0.1) is 0 Å². The average molecular weight is 284 g/mol. The van der Waals surface area contributed by atoms with Crippen LogP contribution in [0.3, 0.4) is 0 Å². The van der Waals surface area contributed by atoms with Crippen molar-refractivity contribution in [2.75, 3.05) is 5.33 Å². The Balaban J connectivity index is 2.63. The number of hydrogen-bond acceptors (Lipinski definition) is 1. The number of halogens is 1. The zero-order valence-electron chi connectivity index (χ0n) is 10.7. The van der Waals surface area contributed by atoms with Gasteiger partial charge in [-0.05, 0) is 30.9 Å². The molecule has 0 aliphatic heterocycles. The van der Waals surface area contributed by atoms with Gasteiger partial charge >= 0.3 is 0 Å². The molecule has 0 saturated carbocycles. The molecule has 0 spiro atoms. The second-order valence-corrected chi connectivity index (χ2v) is 5.46. The van der Waals surface area contributed by atoms with Crippen molar-refractivity contribution in [1.82, 2.24) is 5.32 Å². The van der Waals surface area contributed by atoms with Crippen molar-refractivity contribution in [3.8, 4) is 0 Å². The van der Waals surface area contributed by atoms with Gasteiger partial charge in [-0.2, -0.15) is 0 Å². The van der Waals surface area contributed by atoms with Crippen LogP contribution in [0.15, 0.2) is 18.2 Å². The Bertz CT molecular complexity index is 334. The van der Waals surface area contributed by atoms with Crippen molar-refractivity contribution < 1.29 is 0 Å². The number of alkyl halides is 1. The molecule has 1 atom stereocenters. The molecule has 2 heteroatoms. The highest BCUT2D eigenvalue weighted by Gasteiger charge is 2.11. The van der Waals surface area contributed by atoms with Crippen LogP contribution >= 0.6 is 15.9 Å². The van der Waals surface area contributed by atoms with Crippen molar-refractivity contribution in [2.24, 2.45) is 5.92 Å². The molecule has 0 amide bonds. The highest BCUT2D eigenvalue weighted by molar-refractivity contribution is 9.09. The third kappa shape index (κ3) is 3.91. The summed E-state index contributed by atoms with van der Waals surface area (Å²) in [5.41, 5.74) is 4.11. The Labute approximate surface area is 108 Å². The number of benzene rings is 1. The van der Waals surface area contributed by atoms with E-state index in [4.69, 9.17) is 0 Å². The molecule has 1 aromatic rings. The number of nitrogens with one attached hydrogen (secondary N) is 1. The van der Waals surface area contributed by atoms with E-state index in [0.29, 0.717) is 12.0 Å². The first-order valence-corrected chi connectivity index (χ1v) is 7.02. The number of hydrogen-bond donors (Lipinski definition) is 1. The van der Waals surface area contributed by atoms with E-state index in [9.17, 15) is 0 Å². The quantitative estimate of drug-likeness (QED) is 0.811. The van der Waals surface area contributed by atoms with E-state index < -0.39 is 0 Å². The molecule has 1 nitrogen and oxygen atoms in total. The molecule has 1 rings (SSSR count). The molecule has 0 fully saturated rings. The average Bonchev–Trinajstić information content (AvgIpc) is 2.23. The SMILES string of the molecule is Cc1ccc(C)c(CNC(CBr)C(C)C)c1. The van der Waals surface area contributed by atoms with Gasteiger partial charge in [-0.1, -0.05) is 53.5 Å². The number of aryl methyl sites for hydroxylation is 2. The standard InChI is InChI=1S/C14H22BrN/c1-10(2)14(8-15)16-9-13-7-11(3)5-6-12(13)4/h5-7,10,14,16H,8-9H2,1-4H3. The fourth-order valence-electron chi connectivity index (χ4n) is 1.70. The molecule has 0 heterocycles. The van der Waals surface area contributed by atoms with E-state index >= 15 is 0 Å². The van der Waals surface area contributed by atoms with Crippen molar-refractivity contribution >= 4 is 15.9 Å². The molecule has 0 radical (unpaired) electrons. The van der Waals surface area contributed by atoms with E-state index in [-0.39, 0.29) is 0 Å². The van der Waals surface area contributed by atoms with Crippen LogP contribution in [0.25, 0.3) is 0 Å². The predicted octanol–water partition coefficient (Wildman–Crippen LogP) is 3.81. The molecule has 16 heavy (non-hydrogen) atoms. The fraction of sp³-hybridized carbons (Fsp3) is 0.571. The summed E-state index contributed by atoms with van der Waals surface area (Å²) in [6.07, 6.45) is 0. The fourth-order valence-corrected chi connectivity index (χ4v) is 2.68. The summed E-state index contributed by atoms with van der Waals surface area (Å²) in [7, 11) is 0. The summed E-state index contributed by atoms with van der Waals surface area (Å²) < 4.78 is 0. The third-order valence-corrected chi connectivity index (χ3v) is 3.73. The Morgan fingerprint density at radius 3 is 2.50 bits per heavy atom. The minimum absolute atomic E-state index is 0.542. The molecule has 0 aromatic heterocycles. The maximum atomic E-state index is 3.61. The summed E-state index contributed by atoms with van der Waals surface area (Å²) in [5.74, 6) is 0.657. The van der Waals surface area contributed by atoms with E-state index in [1.165, 1.54) is 16.7 Å². The maximum absolute atomic E-state index is 3.61. The molecular weight excluding hydrogens is 262 g/mol. The lowest BCUT2D eigenvalue weighted by molar-refractivity contribution is 0.433. The molecule has 1 N–H and O–H groups in total. The summed E-state index contributed by atoms with van der Waals surface area (Å²) >= 11 is 3.56. The largest absolute Gasteiger partial charge is 0.309 e. The van der Waals surface area contributed by atoms with Gasteiger partial charge in [0, 0.05) is 17.9 Å². The van der Waals surface area contributed by atoms with Crippen LogP contribution in [0.2, 0.25) is 0 Å². The molecule has 90 valence electrons. The first-order valence-electron chi connectivity index (χ1n) is 5.90. The topological polar surface area (TPSA) is 12.0 Å². The van der Waals surface area contributed by atoms with E-state index in [0.717, 1.165) is 11.9 Å². The summed E-state index contributed by atoms with van der Waals surface area (Å²) in [6, 6.07) is 7.18. The highest BCUT2D eigenvalue weighted by Crippen LogP contribution is 2.12. The van der Waals surface area contributed by atoms with Crippen molar-refractivity contribution in [2.45, 2.75) is 40.3 Å².